The summed E-state index contributed by atoms with van der Waals surface area (Å²) in [6.45, 7) is 6.16. The first-order valence-corrected chi connectivity index (χ1v) is 11.5. The molecule has 1 aromatic rings. The van der Waals surface area contributed by atoms with Crippen LogP contribution in [0.15, 0.2) is 24.3 Å². The van der Waals surface area contributed by atoms with Gasteiger partial charge in [-0.05, 0) is 39.8 Å². The molecule has 12 heteroatoms. The van der Waals surface area contributed by atoms with E-state index in [-0.39, 0.29) is 22.0 Å². The molecular formula is C20H23NO10S. The number of amides is 2. The third kappa shape index (κ3) is 3.29. The van der Waals surface area contributed by atoms with Crippen molar-refractivity contribution < 1.29 is 45.9 Å². The van der Waals surface area contributed by atoms with Gasteiger partial charge in [-0.2, -0.15) is 8.42 Å². The Morgan fingerprint density at radius 2 is 1.62 bits per heavy atom. The molecule has 4 atom stereocenters. The summed E-state index contributed by atoms with van der Waals surface area (Å²) >= 11 is 0. The summed E-state index contributed by atoms with van der Waals surface area (Å²) in [6, 6.07) is 5.82. The van der Waals surface area contributed by atoms with Crippen molar-refractivity contribution in [2.45, 2.75) is 63.4 Å². The summed E-state index contributed by atoms with van der Waals surface area (Å²) < 4.78 is 60.6. The Morgan fingerprint density at radius 3 is 2.25 bits per heavy atom. The van der Waals surface area contributed by atoms with Crippen LogP contribution in [0.1, 0.15) is 48.4 Å². The van der Waals surface area contributed by atoms with E-state index in [2.05, 4.69) is 0 Å². The molecule has 0 saturated carbocycles. The Labute approximate surface area is 184 Å². The Balaban J connectivity index is 1.40. The van der Waals surface area contributed by atoms with Crippen LogP contribution in [0.4, 0.5) is 0 Å². The SMILES string of the molecule is CC1(C)O[C@@H]2CO[C@@]3(COS(=O)(=O)N4C(=O)c5ccccc5C4=O)OC(C)(C)OC3[C@@H]2O1. The second-order valence-corrected chi connectivity index (χ2v) is 10.4. The summed E-state index contributed by atoms with van der Waals surface area (Å²) in [6.07, 6.45) is -1.94. The fourth-order valence-corrected chi connectivity index (χ4v) is 5.55. The van der Waals surface area contributed by atoms with Gasteiger partial charge < -0.3 is 23.7 Å². The Morgan fingerprint density at radius 1 is 1.00 bits per heavy atom. The van der Waals surface area contributed by atoms with Crippen molar-refractivity contribution in [1.82, 2.24) is 4.31 Å². The highest BCUT2D eigenvalue weighted by Gasteiger charge is 2.66. The second kappa shape index (κ2) is 6.79. The molecule has 0 radical (unpaired) electrons. The fraction of sp³-hybridized carbons (Fsp3) is 0.600. The molecule has 2 amide bonds. The van der Waals surface area contributed by atoms with E-state index in [4.69, 9.17) is 27.9 Å². The zero-order valence-corrected chi connectivity index (χ0v) is 18.7. The van der Waals surface area contributed by atoms with Gasteiger partial charge in [0.15, 0.2) is 11.6 Å². The number of ether oxygens (including phenoxy) is 5. The third-order valence-electron chi connectivity index (χ3n) is 5.66. The van der Waals surface area contributed by atoms with Crippen LogP contribution in [0.5, 0.6) is 0 Å². The number of carbonyl (C=O) groups excluding carboxylic acids is 2. The van der Waals surface area contributed by atoms with E-state index in [1.54, 1.807) is 27.7 Å². The minimum atomic E-state index is -4.80. The smallest absolute Gasteiger partial charge is 0.343 e. The zero-order chi connectivity index (χ0) is 23.1. The van der Waals surface area contributed by atoms with Crippen molar-refractivity contribution in [3.05, 3.63) is 35.4 Å². The number of hydrogen-bond acceptors (Lipinski definition) is 10. The van der Waals surface area contributed by atoms with Gasteiger partial charge in [-0.15, -0.1) is 4.31 Å². The average molecular weight is 469 g/mol. The quantitative estimate of drug-likeness (QED) is 0.588. The number of benzene rings is 1. The topological polar surface area (TPSA) is 127 Å². The lowest BCUT2D eigenvalue weighted by atomic mass is 9.98. The molecule has 5 rings (SSSR count). The molecule has 0 N–H and O–H groups in total. The van der Waals surface area contributed by atoms with Crippen LogP contribution in [-0.2, 0) is 38.2 Å². The summed E-state index contributed by atoms with van der Waals surface area (Å²) in [4.78, 5) is 25.2. The summed E-state index contributed by atoms with van der Waals surface area (Å²) in [5, 5.41) is 0. The Kier molecular flexibility index (Phi) is 4.65. The van der Waals surface area contributed by atoms with Crippen LogP contribution in [0.3, 0.4) is 0 Å². The maximum atomic E-state index is 12.9. The van der Waals surface area contributed by atoms with Crippen molar-refractivity contribution in [1.29, 1.82) is 0 Å². The van der Waals surface area contributed by atoms with Crippen molar-refractivity contribution in [2.75, 3.05) is 13.2 Å². The second-order valence-electron chi connectivity index (χ2n) is 8.94. The standard InChI is InChI=1S/C20H23NO10S/c1-18(2)28-13-9-26-20(15(14(13)29-18)30-19(3,4)31-20)10-27-32(24,25)21-16(22)11-7-5-6-8-12(11)17(21)23/h5-8,13-15H,9-10H2,1-4H3/t13-,14-,15?,20+/m1/s1. The highest BCUT2D eigenvalue weighted by Crippen LogP contribution is 2.47. The summed E-state index contributed by atoms with van der Waals surface area (Å²) in [5.74, 6) is -5.65. The van der Waals surface area contributed by atoms with Crippen LogP contribution < -0.4 is 0 Å². The largest absolute Gasteiger partial charge is 0.372 e. The van der Waals surface area contributed by atoms with E-state index >= 15 is 0 Å². The van der Waals surface area contributed by atoms with E-state index in [9.17, 15) is 18.0 Å². The van der Waals surface area contributed by atoms with E-state index in [1.807, 2.05) is 0 Å². The van der Waals surface area contributed by atoms with Gasteiger partial charge in [-0.1, -0.05) is 12.1 Å². The molecular weight excluding hydrogens is 446 g/mol. The van der Waals surface area contributed by atoms with Crippen LogP contribution in [0.25, 0.3) is 0 Å². The van der Waals surface area contributed by atoms with Crippen molar-refractivity contribution in [2.24, 2.45) is 0 Å². The van der Waals surface area contributed by atoms with E-state index in [0.29, 0.717) is 0 Å². The van der Waals surface area contributed by atoms with Crippen molar-refractivity contribution in [3.63, 3.8) is 0 Å². The molecule has 0 bridgehead atoms. The number of hydrogen-bond donors (Lipinski definition) is 0. The summed E-state index contributed by atoms with van der Waals surface area (Å²) in [7, 11) is -4.80. The third-order valence-corrected chi connectivity index (χ3v) is 6.86. The van der Waals surface area contributed by atoms with Crippen LogP contribution in [0.2, 0.25) is 0 Å². The predicted molar refractivity (Wildman–Crippen MR) is 104 cm³/mol. The predicted octanol–water partition coefficient (Wildman–Crippen LogP) is 0.942. The minimum absolute atomic E-state index is 0.0159. The number of fused-ring (bicyclic) bond motifs is 4. The van der Waals surface area contributed by atoms with Crippen LogP contribution >= 0.6 is 0 Å². The molecule has 0 aromatic heterocycles. The van der Waals surface area contributed by atoms with Gasteiger partial charge in [0.1, 0.15) is 24.9 Å². The van der Waals surface area contributed by atoms with Gasteiger partial charge >= 0.3 is 10.3 Å². The molecule has 32 heavy (non-hydrogen) atoms. The number of imide groups is 1. The van der Waals surface area contributed by atoms with Crippen LogP contribution in [-0.4, -0.2) is 73.4 Å². The van der Waals surface area contributed by atoms with Gasteiger partial charge in [0.2, 0.25) is 5.79 Å². The van der Waals surface area contributed by atoms with Gasteiger partial charge in [0.25, 0.3) is 11.8 Å². The Hall–Kier alpha value is -1.93. The average Bonchev–Trinajstić information content (AvgIpc) is 3.26. The first-order valence-electron chi connectivity index (χ1n) is 10.1. The molecule has 4 aliphatic heterocycles. The summed E-state index contributed by atoms with van der Waals surface area (Å²) in [5.41, 5.74) is -0.0319. The lowest BCUT2D eigenvalue weighted by Gasteiger charge is -2.40. The van der Waals surface area contributed by atoms with E-state index < -0.39 is 64.4 Å². The molecule has 0 aliphatic carbocycles. The van der Waals surface area contributed by atoms with Gasteiger partial charge in [-0.25, -0.2) is 4.18 Å². The maximum Gasteiger partial charge on any atom is 0.372 e. The molecule has 1 unspecified atom stereocenters. The first kappa shape index (κ1) is 21.9. The molecule has 4 heterocycles. The number of rotatable bonds is 4. The molecule has 0 spiro atoms. The molecule has 11 nitrogen and oxygen atoms in total. The van der Waals surface area contributed by atoms with E-state index in [0.717, 1.165) is 0 Å². The molecule has 4 aliphatic rings. The Bertz CT molecular complexity index is 1060. The van der Waals surface area contributed by atoms with Gasteiger partial charge in [0.05, 0.1) is 17.7 Å². The molecule has 1 aromatic carbocycles. The molecule has 3 saturated heterocycles. The zero-order valence-electron chi connectivity index (χ0n) is 17.9. The van der Waals surface area contributed by atoms with Crippen LogP contribution in [0, 0.1) is 0 Å². The number of nitrogens with zero attached hydrogens (tertiary/aromatic N) is 1. The highest BCUT2D eigenvalue weighted by atomic mass is 32.2. The van der Waals surface area contributed by atoms with Gasteiger partial charge in [-0.3, -0.25) is 9.59 Å². The molecule has 3 fully saturated rings. The normalized spacial score (nSPS) is 35.0. The maximum absolute atomic E-state index is 12.9. The van der Waals surface area contributed by atoms with Crippen molar-refractivity contribution in [3.8, 4) is 0 Å². The fourth-order valence-electron chi connectivity index (χ4n) is 4.53. The molecule has 174 valence electrons. The van der Waals surface area contributed by atoms with Crippen molar-refractivity contribution >= 4 is 22.1 Å². The monoisotopic (exact) mass is 469 g/mol. The lowest BCUT2D eigenvalue weighted by Crippen LogP contribution is -2.61. The highest BCUT2D eigenvalue weighted by molar-refractivity contribution is 7.85. The first-order chi connectivity index (χ1) is 14.8. The minimum Gasteiger partial charge on any atom is -0.343 e. The lowest BCUT2D eigenvalue weighted by molar-refractivity contribution is -0.290. The van der Waals surface area contributed by atoms with Gasteiger partial charge in [0, 0.05) is 0 Å². The number of carbonyl (C=O) groups is 2. The van der Waals surface area contributed by atoms with E-state index in [1.165, 1.54) is 24.3 Å².